The van der Waals surface area contributed by atoms with Crippen LogP contribution in [0.15, 0.2) is 33.8 Å². The monoisotopic (exact) mass is 373 g/mol. The van der Waals surface area contributed by atoms with Gasteiger partial charge in [-0.1, -0.05) is 41.9 Å². The van der Waals surface area contributed by atoms with Crippen molar-refractivity contribution in [1.82, 2.24) is 20.8 Å². The van der Waals surface area contributed by atoms with E-state index in [2.05, 4.69) is 63.9 Å². The average Bonchev–Trinajstić information content (AvgIpc) is 3.13. The van der Waals surface area contributed by atoms with Gasteiger partial charge in [0.25, 0.3) is 0 Å². The Bertz CT molecular complexity index is 729. The number of hydrogen-bond acceptors (Lipinski definition) is 5. The molecule has 2 rings (SSSR count). The quantitative estimate of drug-likeness (QED) is 0.518. The van der Waals surface area contributed by atoms with E-state index < -0.39 is 0 Å². The van der Waals surface area contributed by atoms with Crippen molar-refractivity contribution in [2.24, 2.45) is 4.99 Å². The van der Waals surface area contributed by atoms with Gasteiger partial charge in [-0.05, 0) is 39.2 Å². The number of hydrogen-bond donors (Lipinski definition) is 2. The largest absolute Gasteiger partial charge is 0.371 e. The highest BCUT2D eigenvalue weighted by atomic mass is 16.5. The van der Waals surface area contributed by atoms with Gasteiger partial charge in [0, 0.05) is 19.7 Å². The fourth-order valence-corrected chi connectivity index (χ4v) is 2.65. The van der Waals surface area contributed by atoms with Crippen molar-refractivity contribution >= 4 is 5.96 Å². The van der Waals surface area contributed by atoms with Crippen molar-refractivity contribution in [3.05, 3.63) is 47.1 Å². The molecule has 0 saturated heterocycles. The van der Waals surface area contributed by atoms with E-state index in [1.54, 1.807) is 0 Å². The van der Waals surface area contributed by atoms with Crippen molar-refractivity contribution in [3.63, 3.8) is 0 Å². The Morgan fingerprint density at radius 1 is 1.26 bits per heavy atom. The molecular weight excluding hydrogens is 342 g/mol. The van der Waals surface area contributed by atoms with Crippen LogP contribution in [0.4, 0.5) is 0 Å². The second-order valence-corrected chi connectivity index (χ2v) is 6.54. The van der Waals surface area contributed by atoms with E-state index >= 15 is 0 Å². The number of nitrogens with one attached hydrogen (secondary N) is 2. The predicted molar refractivity (Wildman–Crippen MR) is 107 cm³/mol. The minimum absolute atomic E-state index is 0.182. The van der Waals surface area contributed by atoms with E-state index in [1.807, 2.05) is 20.8 Å². The maximum atomic E-state index is 5.48. The van der Waals surface area contributed by atoms with Gasteiger partial charge in [0.15, 0.2) is 11.8 Å². The molecule has 7 nitrogen and oxygen atoms in total. The van der Waals surface area contributed by atoms with E-state index in [9.17, 15) is 0 Å². The maximum Gasteiger partial charge on any atom is 0.248 e. The molecule has 7 heteroatoms. The average molecular weight is 374 g/mol. The molecule has 0 aliphatic heterocycles. The van der Waals surface area contributed by atoms with Crippen LogP contribution >= 0.6 is 0 Å². The molecule has 0 amide bonds. The van der Waals surface area contributed by atoms with Gasteiger partial charge in [-0.2, -0.15) is 4.98 Å². The highest BCUT2D eigenvalue weighted by Crippen LogP contribution is 2.15. The summed E-state index contributed by atoms with van der Waals surface area (Å²) in [7, 11) is 0. The third kappa shape index (κ3) is 6.67. The standard InChI is InChI=1S/C20H31N5O2/c1-6-21-20(22-12-15(4)17-10-8-9-14(3)11-17)23-13-18-24-19(25-27-18)16(5)26-7-2/h8-11,15-16H,6-7,12-13H2,1-5H3,(H2,21,22,23). The van der Waals surface area contributed by atoms with Crippen LogP contribution in [0, 0.1) is 6.92 Å². The van der Waals surface area contributed by atoms with E-state index in [1.165, 1.54) is 11.1 Å². The maximum absolute atomic E-state index is 5.48. The fourth-order valence-electron chi connectivity index (χ4n) is 2.65. The number of aromatic nitrogens is 2. The van der Waals surface area contributed by atoms with E-state index in [0.29, 0.717) is 30.8 Å². The SMILES string of the molecule is CCNC(=NCc1nc(C(C)OCC)no1)NCC(C)c1cccc(C)c1. The minimum Gasteiger partial charge on any atom is -0.371 e. The summed E-state index contributed by atoms with van der Waals surface area (Å²) < 4.78 is 10.7. The van der Waals surface area contributed by atoms with Gasteiger partial charge >= 0.3 is 0 Å². The van der Waals surface area contributed by atoms with Crippen LogP contribution in [0.2, 0.25) is 0 Å². The molecule has 0 spiro atoms. The first-order valence-corrected chi connectivity index (χ1v) is 9.56. The smallest absolute Gasteiger partial charge is 0.248 e. The van der Waals surface area contributed by atoms with Crippen LogP contribution in [0.25, 0.3) is 0 Å². The summed E-state index contributed by atoms with van der Waals surface area (Å²) in [5, 5.41) is 10.6. The lowest BCUT2D eigenvalue weighted by Gasteiger charge is -2.16. The van der Waals surface area contributed by atoms with E-state index in [-0.39, 0.29) is 6.10 Å². The zero-order valence-corrected chi connectivity index (χ0v) is 17.0. The Morgan fingerprint density at radius 3 is 2.78 bits per heavy atom. The molecule has 0 radical (unpaired) electrons. The molecular formula is C20H31N5O2. The summed E-state index contributed by atoms with van der Waals surface area (Å²) in [5.74, 6) is 2.12. The summed E-state index contributed by atoms with van der Waals surface area (Å²) in [4.78, 5) is 8.89. The van der Waals surface area contributed by atoms with Gasteiger partial charge < -0.3 is 19.9 Å². The first-order chi connectivity index (χ1) is 13.0. The van der Waals surface area contributed by atoms with E-state index in [4.69, 9.17) is 9.26 Å². The van der Waals surface area contributed by atoms with Gasteiger partial charge in [-0.25, -0.2) is 4.99 Å². The van der Waals surface area contributed by atoms with Gasteiger partial charge in [-0.15, -0.1) is 0 Å². The molecule has 1 aromatic carbocycles. The molecule has 0 bridgehead atoms. The first kappa shape index (κ1) is 20.9. The Balaban J connectivity index is 1.93. The van der Waals surface area contributed by atoms with Crippen molar-refractivity contribution in [2.75, 3.05) is 19.7 Å². The summed E-state index contributed by atoms with van der Waals surface area (Å²) >= 11 is 0. The second-order valence-electron chi connectivity index (χ2n) is 6.54. The normalized spacial score (nSPS) is 14.0. The van der Waals surface area contributed by atoms with E-state index in [0.717, 1.165) is 19.0 Å². The molecule has 27 heavy (non-hydrogen) atoms. The van der Waals surface area contributed by atoms with Crippen molar-refractivity contribution in [1.29, 1.82) is 0 Å². The third-order valence-electron chi connectivity index (χ3n) is 4.17. The van der Waals surface area contributed by atoms with Crippen molar-refractivity contribution < 1.29 is 9.26 Å². The number of aliphatic imine (C=N–C) groups is 1. The van der Waals surface area contributed by atoms with Gasteiger partial charge in [-0.3, -0.25) is 0 Å². The molecule has 0 aliphatic rings. The summed E-state index contributed by atoms with van der Waals surface area (Å²) in [6.07, 6.45) is -0.182. The lowest BCUT2D eigenvalue weighted by Crippen LogP contribution is -2.39. The molecule has 1 heterocycles. The molecule has 2 unspecified atom stereocenters. The fraction of sp³-hybridized carbons (Fsp3) is 0.550. The van der Waals surface area contributed by atoms with Crippen LogP contribution in [-0.4, -0.2) is 35.8 Å². The van der Waals surface area contributed by atoms with Gasteiger partial charge in [0.1, 0.15) is 12.6 Å². The highest BCUT2D eigenvalue weighted by molar-refractivity contribution is 5.79. The Labute approximate surface area is 161 Å². The number of aryl methyl sites for hydroxylation is 1. The third-order valence-corrected chi connectivity index (χ3v) is 4.17. The number of rotatable bonds is 9. The van der Waals surface area contributed by atoms with Crippen LogP contribution in [-0.2, 0) is 11.3 Å². The number of ether oxygens (including phenoxy) is 1. The number of nitrogens with zero attached hydrogens (tertiary/aromatic N) is 3. The van der Waals surface area contributed by atoms with Crippen LogP contribution in [0.3, 0.4) is 0 Å². The zero-order valence-electron chi connectivity index (χ0n) is 17.0. The minimum atomic E-state index is -0.182. The molecule has 0 fully saturated rings. The molecule has 0 saturated carbocycles. The number of guanidine groups is 1. The summed E-state index contributed by atoms with van der Waals surface area (Å²) in [6.45, 7) is 12.7. The van der Waals surface area contributed by atoms with Gasteiger partial charge in [0.2, 0.25) is 5.89 Å². The zero-order chi connectivity index (χ0) is 19.6. The van der Waals surface area contributed by atoms with Crippen molar-refractivity contribution in [2.45, 2.75) is 53.2 Å². The number of benzene rings is 1. The summed E-state index contributed by atoms with van der Waals surface area (Å²) in [5.41, 5.74) is 2.58. The topological polar surface area (TPSA) is 84.6 Å². The summed E-state index contributed by atoms with van der Waals surface area (Å²) in [6, 6.07) is 8.58. The van der Waals surface area contributed by atoms with Crippen LogP contribution in [0.5, 0.6) is 0 Å². The molecule has 148 valence electrons. The predicted octanol–water partition coefficient (Wildman–Crippen LogP) is 3.33. The molecule has 0 aliphatic carbocycles. The van der Waals surface area contributed by atoms with Crippen LogP contribution < -0.4 is 10.6 Å². The Hall–Kier alpha value is -2.41. The lowest BCUT2D eigenvalue weighted by atomic mass is 9.99. The lowest BCUT2D eigenvalue weighted by molar-refractivity contribution is 0.0683. The Kier molecular flexibility index (Phi) is 8.26. The highest BCUT2D eigenvalue weighted by Gasteiger charge is 2.13. The first-order valence-electron chi connectivity index (χ1n) is 9.56. The molecule has 2 N–H and O–H groups in total. The van der Waals surface area contributed by atoms with Gasteiger partial charge in [0.05, 0.1) is 0 Å². The second kappa shape index (κ2) is 10.7. The molecule has 1 aromatic heterocycles. The van der Waals surface area contributed by atoms with Crippen LogP contribution in [0.1, 0.15) is 62.6 Å². The molecule has 2 aromatic rings. The Morgan fingerprint density at radius 2 is 2.07 bits per heavy atom. The molecule has 2 atom stereocenters. The van der Waals surface area contributed by atoms with Crippen molar-refractivity contribution in [3.8, 4) is 0 Å².